The molecule has 296 valence electrons. The maximum atomic E-state index is 13.7. The van der Waals surface area contributed by atoms with Gasteiger partial charge in [-0.2, -0.15) is 0 Å². The van der Waals surface area contributed by atoms with Crippen molar-refractivity contribution in [1.82, 2.24) is 26.6 Å². The Morgan fingerprint density at radius 1 is 0.642 bits per heavy atom. The summed E-state index contributed by atoms with van der Waals surface area (Å²) >= 11 is 0. The molecule has 1 aromatic carbocycles. The van der Waals surface area contributed by atoms with Gasteiger partial charge in [0.15, 0.2) is 0 Å². The number of nitrogens with one attached hydrogen (secondary N) is 5. The Labute approximate surface area is 305 Å². The number of aliphatic carboxylic acids is 3. The monoisotopic (exact) mass is 753 g/mol. The zero-order valence-electron chi connectivity index (χ0n) is 29.7. The van der Waals surface area contributed by atoms with Gasteiger partial charge in [-0.15, -0.1) is 0 Å². The highest BCUT2D eigenvalue weighted by Crippen LogP contribution is 2.13. The van der Waals surface area contributed by atoms with Crippen LogP contribution in [0.3, 0.4) is 0 Å². The summed E-state index contributed by atoms with van der Waals surface area (Å²) in [5.74, 6) is -9.48. The summed E-state index contributed by atoms with van der Waals surface area (Å²) in [5.41, 5.74) is 11.8. The number of nitrogens with two attached hydrogens (primary N) is 2. The molecular formula is C33H51N7O13. The Hall–Kier alpha value is -5.34. The third kappa shape index (κ3) is 16.7. The lowest BCUT2D eigenvalue weighted by Gasteiger charge is -2.28. The lowest BCUT2D eigenvalue weighted by molar-refractivity contribution is -0.144. The van der Waals surface area contributed by atoms with Crippen molar-refractivity contribution in [1.29, 1.82) is 0 Å². The van der Waals surface area contributed by atoms with Crippen molar-refractivity contribution in [2.45, 2.75) is 108 Å². The second kappa shape index (κ2) is 22.6. The first kappa shape index (κ1) is 45.7. The van der Waals surface area contributed by atoms with Crippen LogP contribution in [0.4, 0.5) is 0 Å². The molecule has 20 heteroatoms. The quantitative estimate of drug-likeness (QED) is 0.0510. The van der Waals surface area contributed by atoms with Crippen LogP contribution in [0.1, 0.15) is 64.9 Å². The summed E-state index contributed by atoms with van der Waals surface area (Å²) in [6.45, 7) is 4.28. The minimum absolute atomic E-state index is 0.00861. The van der Waals surface area contributed by atoms with Crippen LogP contribution in [-0.4, -0.2) is 122 Å². The maximum absolute atomic E-state index is 13.7. The summed E-state index contributed by atoms with van der Waals surface area (Å²) in [4.78, 5) is 100. The van der Waals surface area contributed by atoms with Gasteiger partial charge in [-0.25, -0.2) is 4.79 Å². The Kier molecular flexibility index (Phi) is 19.4. The van der Waals surface area contributed by atoms with E-state index in [4.69, 9.17) is 16.6 Å². The van der Waals surface area contributed by atoms with Gasteiger partial charge in [0.1, 0.15) is 36.0 Å². The highest BCUT2D eigenvalue weighted by atomic mass is 16.4. The fourth-order valence-electron chi connectivity index (χ4n) is 4.85. The molecule has 0 aliphatic carbocycles. The SMILES string of the molecule is CC(C)[C@H](NC(=O)[C@H](CCC(=O)O)NC(=O)[C@@H](NC(=O)[C@H](Cc1ccc(O)cc1)NC(=O)[C@H](CCCN)NC(=O)[C@@H](N)CCC(=O)O)[C@@H](C)O)C(=O)O. The van der Waals surface area contributed by atoms with E-state index in [2.05, 4.69) is 26.6 Å². The highest BCUT2D eigenvalue weighted by molar-refractivity contribution is 5.96. The molecule has 1 aromatic rings. The molecule has 0 fully saturated rings. The number of carbonyl (C=O) groups excluding carboxylic acids is 5. The molecule has 0 saturated carbocycles. The molecule has 0 spiro atoms. The average Bonchev–Trinajstić information content (AvgIpc) is 3.07. The van der Waals surface area contributed by atoms with Crippen molar-refractivity contribution in [2.24, 2.45) is 17.4 Å². The number of carboxylic acids is 3. The number of carboxylic acid groups (broad SMARTS) is 3. The summed E-state index contributed by atoms with van der Waals surface area (Å²) in [7, 11) is 0. The van der Waals surface area contributed by atoms with Crippen molar-refractivity contribution in [3.63, 3.8) is 0 Å². The van der Waals surface area contributed by atoms with Crippen molar-refractivity contribution < 1.29 is 63.9 Å². The molecule has 53 heavy (non-hydrogen) atoms. The number of amides is 5. The summed E-state index contributed by atoms with van der Waals surface area (Å²) in [6.07, 6.45) is -3.36. The van der Waals surface area contributed by atoms with Crippen molar-refractivity contribution in [3.05, 3.63) is 29.8 Å². The molecule has 14 N–H and O–H groups in total. The number of phenols is 1. The van der Waals surface area contributed by atoms with E-state index in [0.717, 1.165) is 6.92 Å². The molecule has 0 saturated heterocycles. The van der Waals surface area contributed by atoms with Gasteiger partial charge in [0.05, 0.1) is 12.1 Å². The largest absolute Gasteiger partial charge is 0.508 e. The fraction of sp³-hybridized carbons (Fsp3) is 0.576. The number of hydrogen-bond donors (Lipinski definition) is 12. The molecule has 0 aliphatic heterocycles. The minimum Gasteiger partial charge on any atom is -0.508 e. The van der Waals surface area contributed by atoms with Crippen LogP contribution in [0.25, 0.3) is 0 Å². The van der Waals surface area contributed by atoms with Crippen molar-refractivity contribution in [2.75, 3.05) is 6.54 Å². The third-order valence-corrected chi connectivity index (χ3v) is 7.92. The number of hydrogen-bond acceptors (Lipinski definition) is 12. The number of benzene rings is 1. The Bertz CT molecular complexity index is 1440. The molecule has 0 aliphatic rings. The lowest BCUT2D eigenvalue weighted by Crippen LogP contribution is -2.61. The van der Waals surface area contributed by atoms with Gasteiger partial charge in [0.2, 0.25) is 29.5 Å². The van der Waals surface area contributed by atoms with Gasteiger partial charge in [-0.1, -0.05) is 26.0 Å². The predicted molar refractivity (Wildman–Crippen MR) is 186 cm³/mol. The number of aliphatic hydroxyl groups excluding tert-OH is 1. The number of rotatable bonds is 24. The fourth-order valence-corrected chi connectivity index (χ4v) is 4.85. The maximum Gasteiger partial charge on any atom is 0.326 e. The molecule has 0 bridgehead atoms. The summed E-state index contributed by atoms with van der Waals surface area (Å²) in [6, 6.07) is -3.30. The first-order chi connectivity index (χ1) is 24.8. The third-order valence-electron chi connectivity index (χ3n) is 7.92. The van der Waals surface area contributed by atoms with E-state index in [1.54, 1.807) is 0 Å². The Morgan fingerprint density at radius 2 is 1.11 bits per heavy atom. The number of phenolic OH excluding ortho intramolecular Hbond substituents is 1. The molecule has 7 atom stereocenters. The Morgan fingerprint density at radius 3 is 1.62 bits per heavy atom. The molecule has 20 nitrogen and oxygen atoms in total. The van der Waals surface area contributed by atoms with Crippen LogP contribution in [0.5, 0.6) is 5.75 Å². The van der Waals surface area contributed by atoms with E-state index in [9.17, 15) is 58.8 Å². The van der Waals surface area contributed by atoms with Crippen molar-refractivity contribution >= 4 is 47.4 Å². The smallest absolute Gasteiger partial charge is 0.326 e. The summed E-state index contributed by atoms with van der Waals surface area (Å²) in [5, 5.41) is 59.6. The van der Waals surface area contributed by atoms with E-state index in [0.29, 0.717) is 5.56 Å². The molecule has 0 heterocycles. The zero-order chi connectivity index (χ0) is 40.4. The number of aromatic hydroxyl groups is 1. The van der Waals surface area contributed by atoms with E-state index in [-0.39, 0.29) is 38.0 Å². The molecule has 1 rings (SSSR count). The molecule has 0 radical (unpaired) electrons. The van der Waals surface area contributed by atoms with Crippen molar-refractivity contribution in [3.8, 4) is 5.75 Å². The van der Waals surface area contributed by atoms with E-state index in [1.807, 2.05) is 0 Å². The van der Waals surface area contributed by atoms with Crippen LogP contribution in [-0.2, 0) is 44.8 Å². The Balaban J connectivity index is 3.37. The molecule has 5 amide bonds. The standard InChI is InChI=1S/C33H51N7O13/c1-16(2)26(33(52)53)39-30(49)22(11-13-25(45)46)37-32(51)27(17(3)41)40-31(50)23(15-18-6-8-19(42)9-7-18)38-29(48)21(5-4-14-34)36-28(47)20(35)10-12-24(43)44/h6-9,16-17,20-23,26-27,41-42H,4-5,10-15,34-35H2,1-3H3,(H,36,47)(H,37,51)(H,38,48)(H,39,49)(H,40,50)(H,43,44)(H,45,46)(H,52,53)/t17-,20+,21+,22+,23+,26+,27+/m1/s1. The van der Waals surface area contributed by atoms with Gasteiger partial charge in [0, 0.05) is 19.3 Å². The van der Waals surface area contributed by atoms with Gasteiger partial charge in [0.25, 0.3) is 0 Å². The average molecular weight is 754 g/mol. The van der Waals surface area contributed by atoms with Gasteiger partial charge >= 0.3 is 17.9 Å². The molecule has 0 aromatic heterocycles. The second-order valence-corrected chi connectivity index (χ2v) is 12.8. The number of aliphatic hydroxyl groups is 1. The van der Waals surface area contributed by atoms with Crippen LogP contribution >= 0.6 is 0 Å². The van der Waals surface area contributed by atoms with Gasteiger partial charge in [-0.05, 0) is 62.8 Å². The predicted octanol–water partition coefficient (Wildman–Crippen LogP) is -2.72. The first-order valence-corrected chi connectivity index (χ1v) is 16.9. The zero-order valence-corrected chi connectivity index (χ0v) is 29.7. The normalized spacial score (nSPS) is 15.0. The van der Waals surface area contributed by atoms with Crippen LogP contribution in [0.2, 0.25) is 0 Å². The van der Waals surface area contributed by atoms with E-state index < -0.39 is 115 Å². The topological polar surface area (TPSA) is 350 Å². The van der Waals surface area contributed by atoms with Gasteiger partial charge < -0.3 is 63.6 Å². The van der Waals surface area contributed by atoms with E-state index in [1.165, 1.54) is 38.1 Å². The van der Waals surface area contributed by atoms with Crippen LogP contribution in [0.15, 0.2) is 24.3 Å². The number of carbonyl (C=O) groups is 8. The first-order valence-electron chi connectivity index (χ1n) is 16.9. The van der Waals surface area contributed by atoms with E-state index >= 15 is 0 Å². The molecule has 0 unspecified atom stereocenters. The van der Waals surface area contributed by atoms with Crippen LogP contribution < -0.4 is 38.1 Å². The highest BCUT2D eigenvalue weighted by Gasteiger charge is 2.35. The lowest BCUT2D eigenvalue weighted by atomic mass is 10.0. The van der Waals surface area contributed by atoms with Gasteiger partial charge in [-0.3, -0.25) is 33.6 Å². The molecular weight excluding hydrogens is 702 g/mol. The van der Waals surface area contributed by atoms with Crippen LogP contribution in [0, 0.1) is 5.92 Å². The summed E-state index contributed by atoms with van der Waals surface area (Å²) < 4.78 is 0. The minimum atomic E-state index is -1.79. The second-order valence-electron chi connectivity index (χ2n) is 12.8.